The van der Waals surface area contributed by atoms with Gasteiger partial charge in [-0.3, -0.25) is 0 Å². The highest BCUT2D eigenvalue weighted by molar-refractivity contribution is 7.90. The molecule has 0 amide bonds. The fourth-order valence-corrected chi connectivity index (χ4v) is 3.25. The summed E-state index contributed by atoms with van der Waals surface area (Å²) in [5, 5.41) is 9.17. The number of carboxylic acids is 1. The third-order valence-corrected chi connectivity index (χ3v) is 4.54. The Kier molecular flexibility index (Phi) is 3.94. The van der Waals surface area contributed by atoms with Crippen molar-refractivity contribution in [3.8, 4) is 22.6 Å². The van der Waals surface area contributed by atoms with Crippen LogP contribution in [0.25, 0.3) is 22.6 Å². The molecule has 1 N–H and O–H groups in total. The zero-order valence-corrected chi connectivity index (χ0v) is 13.4. The Morgan fingerprint density at radius 3 is 2.29 bits per heavy atom. The lowest BCUT2D eigenvalue weighted by Gasteiger charge is -2.06. The zero-order valence-electron chi connectivity index (χ0n) is 12.6. The Morgan fingerprint density at radius 1 is 1.04 bits per heavy atom. The molecule has 0 spiro atoms. The highest BCUT2D eigenvalue weighted by atomic mass is 32.2. The number of nitrogens with zero attached hydrogens (tertiary/aromatic N) is 1. The minimum atomic E-state index is -3.52. The van der Waals surface area contributed by atoms with Crippen molar-refractivity contribution in [1.29, 1.82) is 0 Å². The van der Waals surface area contributed by atoms with Gasteiger partial charge in [0.2, 0.25) is 0 Å². The molecule has 0 radical (unpaired) electrons. The maximum atomic E-state index is 12.0. The predicted octanol–water partition coefficient (Wildman–Crippen LogP) is 3.11. The van der Waals surface area contributed by atoms with Crippen molar-refractivity contribution in [2.24, 2.45) is 0 Å². The Bertz CT molecular complexity index is 1010. The largest absolute Gasteiger partial charge is 0.474 e. The van der Waals surface area contributed by atoms with Gasteiger partial charge < -0.3 is 9.52 Å². The van der Waals surface area contributed by atoms with E-state index in [0.717, 1.165) is 6.26 Å². The molecule has 0 aliphatic carbocycles. The van der Waals surface area contributed by atoms with Gasteiger partial charge in [-0.05, 0) is 6.07 Å². The van der Waals surface area contributed by atoms with Gasteiger partial charge in [0.1, 0.15) is 5.69 Å². The van der Waals surface area contributed by atoms with Crippen LogP contribution < -0.4 is 0 Å². The van der Waals surface area contributed by atoms with Gasteiger partial charge in [0, 0.05) is 17.4 Å². The van der Waals surface area contributed by atoms with E-state index >= 15 is 0 Å². The first-order valence-electron chi connectivity index (χ1n) is 6.97. The number of benzene rings is 2. The molecule has 122 valence electrons. The number of hydrogen-bond donors (Lipinski definition) is 1. The molecule has 3 rings (SSSR count). The lowest BCUT2D eigenvalue weighted by molar-refractivity contribution is 0.0654. The number of hydrogen-bond acceptors (Lipinski definition) is 5. The molecule has 0 bridgehead atoms. The molecule has 7 heteroatoms. The van der Waals surface area contributed by atoms with E-state index in [0.29, 0.717) is 11.1 Å². The van der Waals surface area contributed by atoms with E-state index in [1.165, 1.54) is 6.07 Å². The van der Waals surface area contributed by atoms with Gasteiger partial charge in [0.15, 0.2) is 15.6 Å². The lowest BCUT2D eigenvalue weighted by Crippen LogP contribution is -2.01. The van der Waals surface area contributed by atoms with Crippen LogP contribution in [0, 0.1) is 0 Å². The summed E-state index contributed by atoms with van der Waals surface area (Å²) in [6.45, 7) is 0. The second-order valence-electron chi connectivity index (χ2n) is 5.14. The summed E-state index contributed by atoms with van der Waals surface area (Å²) >= 11 is 0. The first-order valence-corrected chi connectivity index (χ1v) is 8.86. The lowest BCUT2D eigenvalue weighted by atomic mass is 10.1. The average molecular weight is 343 g/mol. The molecule has 3 aromatic rings. The third kappa shape index (κ3) is 2.93. The number of carbonyl (C=O) groups is 1. The topological polar surface area (TPSA) is 97.5 Å². The van der Waals surface area contributed by atoms with Gasteiger partial charge in [-0.2, -0.15) is 0 Å². The Balaban J connectivity index is 2.32. The molecular weight excluding hydrogens is 330 g/mol. The fourth-order valence-electron chi connectivity index (χ4n) is 2.36. The predicted molar refractivity (Wildman–Crippen MR) is 87.4 cm³/mol. The van der Waals surface area contributed by atoms with E-state index in [4.69, 9.17) is 4.42 Å². The fraction of sp³-hybridized carbons (Fsp3) is 0.0588. The Hall–Kier alpha value is -2.93. The molecule has 0 unspecified atom stereocenters. The van der Waals surface area contributed by atoms with Gasteiger partial charge in [-0.1, -0.05) is 48.5 Å². The van der Waals surface area contributed by atoms with Crippen LogP contribution in [-0.4, -0.2) is 30.7 Å². The summed E-state index contributed by atoms with van der Waals surface area (Å²) < 4.78 is 29.5. The van der Waals surface area contributed by atoms with Gasteiger partial charge in [0.05, 0.1) is 4.90 Å². The van der Waals surface area contributed by atoms with Crippen LogP contribution in [0.15, 0.2) is 63.9 Å². The monoisotopic (exact) mass is 343 g/mol. The van der Waals surface area contributed by atoms with E-state index in [9.17, 15) is 18.3 Å². The molecule has 6 nitrogen and oxygen atoms in total. The van der Waals surface area contributed by atoms with Crippen LogP contribution in [0.1, 0.15) is 10.7 Å². The molecule has 24 heavy (non-hydrogen) atoms. The van der Waals surface area contributed by atoms with E-state index in [-0.39, 0.29) is 16.3 Å². The molecule has 0 aliphatic heterocycles. The van der Waals surface area contributed by atoms with Crippen LogP contribution in [0.5, 0.6) is 0 Å². The number of rotatable bonds is 4. The molecule has 0 saturated heterocycles. The van der Waals surface area contributed by atoms with Gasteiger partial charge in [-0.25, -0.2) is 18.2 Å². The molecule has 1 heterocycles. The van der Waals surface area contributed by atoms with E-state index in [2.05, 4.69) is 4.98 Å². The summed E-state index contributed by atoms with van der Waals surface area (Å²) in [5.41, 5.74) is 1.09. The number of carboxylic acid groups (broad SMARTS) is 1. The second kappa shape index (κ2) is 5.93. The minimum absolute atomic E-state index is 0.0624. The molecule has 0 fully saturated rings. The summed E-state index contributed by atoms with van der Waals surface area (Å²) in [4.78, 5) is 15.3. The van der Waals surface area contributed by atoms with Crippen LogP contribution in [0.2, 0.25) is 0 Å². The van der Waals surface area contributed by atoms with Crippen molar-refractivity contribution in [3.63, 3.8) is 0 Å². The Labute approximate surface area is 138 Å². The van der Waals surface area contributed by atoms with E-state index in [1.54, 1.807) is 42.5 Å². The SMILES string of the molecule is CS(=O)(=O)c1ccccc1-c1nc(C(=O)O)oc1-c1ccccc1. The second-order valence-corrected chi connectivity index (χ2v) is 7.12. The van der Waals surface area contributed by atoms with Crippen molar-refractivity contribution in [3.05, 3.63) is 60.5 Å². The quantitative estimate of drug-likeness (QED) is 0.782. The number of aromatic nitrogens is 1. The van der Waals surface area contributed by atoms with Gasteiger partial charge in [-0.15, -0.1) is 0 Å². The minimum Gasteiger partial charge on any atom is -0.474 e. The zero-order chi connectivity index (χ0) is 17.3. The highest BCUT2D eigenvalue weighted by Gasteiger charge is 2.24. The van der Waals surface area contributed by atoms with Crippen LogP contribution >= 0.6 is 0 Å². The van der Waals surface area contributed by atoms with Crippen molar-refractivity contribution >= 4 is 15.8 Å². The first kappa shape index (κ1) is 15.9. The third-order valence-electron chi connectivity index (χ3n) is 3.39. The molecule has 0 atom stereocenters. The normalized spacial score (nSPS) is 11.4. The molecule has 1 aromatic heterocycles. The molecule has 2 aromatic carbocycles. The van der Waals surface area contributed by atoms with Gasteiger partial charge >= 0.3 is 11.9 Å². The Morgan fingerprint density at radius 2 is 1.67 bits per heavy atom. The number of sulfone groups is 1. The molecule has 0 aliphatic rings. The van der Waals surface area contributed by atoms with Crippen LogP contribution in [0.4, 0.5) is 0 Å². The van der Waals surface area contributed by atoms with Crippen molar-refractivity contribution in [2.45, 2.75) is 4.90 Å². The molecular formula is C17H13NO5S. The van der Waals surface area contributed by atoms with Crippen molar-refractivity contribution < 1.29 is 22.7 Å². The van der Waals surface area contributed by atoms with E-state index < -0.39 is 21.7 Å². The molecule has 0 saturated carbocycles. The van der Waals surface area contributed by atoms with Gasteiger partial charge in [0.25, 0.3) is 0 Å². The highest BCUT2D eigenvalue weighted by Crippen LogP contribution is 2.35. The summed E-state index contributed by atoms with van der Waals surface area (Å²) in [7, 11) is -3.52. The maximum Gasteiger partial charge on any atom is 0.392 e. The summed E-state index contributed by atoms with van der Waals surface area (Å²) in [5.74, 6) is -1.61. The summed E-state index contributed by atoms with van der Waals surface area (Å²) in [6.07, 6.45) is 1.09. The van der Waals surface area contributed by atoms with Crippen molar-refractivity contribution in [2.75, 3.05) is 6.26 Å². The summed E-state index contributed by atoms with van der Waals surface area (Å²) in [6, 6.07) is 15.1. The number of aromatic carboxylic acids is 1. The number of oxazole rings is 1. The van der Waals surface area contributed by atoms with Crippen molar-refractivity contribution in [1.82, 2.24) is 4.98 Å². The maximum absolute atomic E-state index is 12.0. The standard InChI is InChI=1S/C17H13NO5S/c1-24(21,22)13-10-6-5-9-12(13)14-15(11-7-3-2-4-8-11)23-16(18-14)17(19)20/h2-10H,1H3,(H,19,20). The van der Waals surface area contributed by atoms with Crippen LogP contribution in [0.3, 0.4) is 0 Å². The van der Waals surface area contributed by atoms with E-state index in [1.807, 2.05) is 6.07 Å². The average Bonchev–Trinajstić information content (AvgIpc) is 3.00. The van der Waals surface area contributed by atoms with Crippen LogP contribution in [-0.2, 0) is 9.84 Å². The first-order chi connectivity index (χ1) is 11.4. The smallest absolute Gasteiger partial charge is 0.392 e.